The monoisotopic (exact) mass is 230 g/mol. The molecule has 1 aromatic carbocycles. The van der Waals surface area contributed by atoms with Gasteiger partial charge >= 0.3 is 5.97 Å². The van der Waals surface area contributed by atoms with Crippen molar-refractivity contribution in [1.29, 1.82) is 0 Å². The van der Waals surface area contributed by atoms with E-state index in [0.29, 0.717) is 6.61 Å². The normalized spacial score (nSPS) is 24.9. The van der Waals surface area contributed by atoms with Gasteiger partial charge in [0.15, 0.2) is 0 Å². The van der Waals surface area contributed by atoms with Crippen LogP contribution in [0.4, 0.5) is 0 Å². The van der Waals surface area contributed by atoms with Crippen LogP contribution in [-0.4, -0.2) is 12.6 Å². The topological polar surface area (TPSA) is 26.3 Å². The molecule has 0 aromatic heterocycles. The molecule has 0 radical (unpaired) electrons. The Balaban J connectivity index is 1.97. The Kier molecular flexibility index (Phi) is 3.62. The molecule has 90 valence electrons. The van der Waals surface area contributed by atoms with Gasteiger partial charge in [0.05, 0.1) is 12.0 Å². The summed E-state index contributed by atoms with van der Waals surface area (Å²) in [6.07, 6.45) is 6.78. The number of hydrogen-bond acceptors (Lipinski definition) is 2. The second-order valence-corrected chi connectivity index (χ2v) is 4.82. The Morgan fingerprint density at radius 1 is 1.35 bits per heavy atom. The minimum Gasteiger partial charge on any atom is -0.465 e. The Morgan fingerprint density at radius 3 is 2.82 bits per heavy atom. The molecule has 2 rings (SSSR count). The van der Waals surface area contributed by atoms with Crippen LogP contribution in [0.2, 0.25) is 0 Å². The lowest BCUT2D eigenvalue weighted by Gasteiger charge is -2.30. The van der Waals surface area contributed by atoms with Gasteiger partial charge in [0.2, 0.25) is 0 Å². The van der Waals surface area contributed by atoms with E-state index in [9.17, 15) is 4.79 Å². The highest BCUT2D eigenvalue weighted by Crippen LogP contribution is 2.33. The maximum atomic E-state index is 11.7. The molecule has 1 aliphatic rings. The molecule has 1 fully saturated rings. The van der Waals surface area contributed by atoms with Crippen LogP contribution in [-0.2, 0) is 9.53 Å². The average Bonchev–Trinajstić information content (AvgIpc) is 2.35. The van der Waals surface area contributed by atoms with Crippen LogP contribution in [0.15, 0.2) is 36.4 Å². The highest BCUT2D eigenvalue weighted by atomic mass is 16.5. The van der Waals surface area contributed by atoms with E-state index >= 15 is 0 Å². The fourth-order valence-electron chi connectivity index (χ4n) is 2.11. The van der Waals surface area contributed by atoms with Crippen LogP contribution in [0.3, 0.4) is 0 Å². The van der Waals surface area contributed by atoms with Crippen molar-refractivity contribution in [3.05, 3.63) is 42.0 Å². The Bertz CT molecular complexity index is 408. The van der Waals surface area contributed by atoms with Crippen LogP contribution in [0.1, 0.15) is 31.7 Å². The molecule has 1 aromatic rings. The molecule has 0 amide bonds. The summed E-state index contributed by atoms with van der Waals surface area (Å²) in [7, 11) is 0. The number of esters is 1. The van der Waals surface area contributed by atoms with E-state index in [1.165, 1.54) is 5.56 Å². The molecular weight excluding hydrogens is 212 g/mol. The molecule has 2 nitrogen and oxygen atoms in total. The molecule has 2 heteroatoms. The highest BCUT2D eigenvalue weighted by molar-refractivity contribution is 5.77. The van der Waals surface area contributed by atoms with Gasteiger partial charge in [-0.3, -0.25) is 4.79 Å². The van der Waals surface area contributed by atoms with Crippen LogP contribution in [0.25, 0.3) is 6.08 Å². The van der Waals surface area contributed by atoms with Crippen LogP contribution >= 0.6 is 0 Å². The van der Waals surface area contributed by atoms with Crippen molar-refractivity contribution in [3.63, 3.8) is 0 Å². The summed E-state index contributed by atoms with van der Waals surface area (Å²) in [4.78, 5) is 11.7. The van der Waals surface area contributed by atoms with E-state index in [2.05, 4.69) is 24.3 Å². The quantitative estimate of drug-likeness (QED) is 0.743. The third kappa shape index (κ3) is 2.96. The zero-order chi connectivity index (χ0) is 12.1. The summed E-state index contributed by atoms with van der Waals surface area (Å²) < 4.78 is 5.12. The van der Waals surface area contributed by atoms with Crippen molar-refractivity contribution in [1.82, 2.24) is 0 Å². The fourth-order valence-corrected chi connectivity index (χ4v) is 2.11. The van der Waals surface area contributed by atoms with Crippen LogP contribution in [0.5, 0.6) is 0 Å². The molecule has 0 spiro atoms. The van der Waals surface area contributed by atoms with Gasteiger partial charge in [-0.1, -0.05) is 42.5 Å². The third-order valence-electron chi connectivity index (χ3n) is 3.28. The van der Waals surface area contributed by atoms with Gasteiger partial charge in [0.1, 0.15) is 0 Å². The van der Waals surface area contributed by atoms with Gasteiger partial charge in [-0.05, 0) is 31.7 Å². The Hall–Kier alpha value is -1.57. The predicted molar refractivity (Wildman–Crippen MR) is 68.4 cm³/mol. The van der Waals surface area contributed by atoms with Gasteiger partial charge in [-0.25, -0.2) is 0 Å². The van der Waals surface area contributed by atoms with Crippen LogP contribution < -0.4 is 0 Å². The standard InChI is InChI=1S/C15H18O2/c1-15(11-6-12-17-14(15)16)10-5-9-13-7-3-2-4-8-13/h2-5,7-9H,6,10-12H2,1H3/b9-5+/t15-/m1/s1. The maximum absolute atomic E-state index is 11.7. The van der Waals surface area contributed by atoms with Crippen molar-refractivity contribution in [2.45, 2.75) is 26.2 Å². The van der Waals surface area contributed by atoms with E-state index in [0.717, 1.165) is 19.3 Å². The number of rotatable bonds is 3. The first-order valence-corrected chi connectivity index (χ1v) is 6.09. The summed E-state index contributed by atoms with van der Waals surface area (Å²) in [5, 5.41) is 0. The fraction of sp³-hybridized carbons (Fsp3) is 0.400. The summed E-state index contributed by atoms with van der Waals surface area (Å²) >= 11 is 0. The van der Waals surface area contributed by atoms with E-state index in [4.69, 9.17) is 4.74 Å². The number of hydrogen-bond donors (Lipinski definition) is 0. The number of carbonyl (C=O) groups is 1. The number of ether oxygens (including phenoxy) is 1. The van der Waals surface area contributed by atoms with Crippen molar-refractivity contribution >= 4 is 12.0 Å². The molecule has 1 heterocycles. The van der Waals surface area contributed by atoms with Crippen molar-refractivity contribution < 1.29 is 9.53 Å². The molecule has 1 aliphatic heterocycles. The van der Waals surface area contributed by atoms with Crippen LogP contribution in [0, 0.1) is 5.41 Å². The zero-order valence-corrected chi connectivity index (χ0v) is 10.2. The second kappa shape index (κ2) is 5.17. The SMILES string of the molecule is C[C@@]1(C/C=C/c2ccccc2)CCCOC1=O. The molecular formula is C15H18O2. The number of cyclic esters (lactones) is 1. The average molecular weight is 230 g/mol. The van der Waals surface area contributed by atoms with E-state index in [1.807, 2.05) is 25.1 Å². The van der Waals surface area contributed by atoms with E-state index in [-0.39, 0.29) is 11.4 Å². The smallest absolute Gasteiger partial charge is 0.312 e. The van der Waals surface area contributed by atoms with Gasteiger partial charge < -0.3 is 4.74 Å². The third-order valence-corrected chi connectivity index (χ3v) is 3.28. The number of benzene rings is 1. The highest BCUT2D eigenvalue weighted by Gasteiger charge is 2.36. The lowest BCUT2D eigenvalue weighted by molar-refractivity contribution is -0.160. The maximum Gasteiger partial charge on any atom is 0.312 e. The van der Waals surface area contributed by atoms with E-state index < -0.39 is 0 Å². The van der Waals surface area contributed by atoms with Gasteiger partial charge in [0.25, 0.3) is 0 Å². The molecule has 1 saturated heterocycles. The Morgan fingerprint density at radius 2 is 2.12 bits per heavy atom. The molecule has 0 aliphatic carbocycles. The molecule has 0 bridgehead atoms. The lowest BCUT2D eigenvalue weighted by Crippen LogP contribution is -2.34. The summed E-state index contributed by atoms with van der Waals surface area (Å²) in [5.41, 5.74) is 0.837. The van der Waals surface area contributed by atoms with Crippen molar-refractivity contribution in [2.75, 3.05) is 6.61 Å². The first kappa shape index (κ1) is 11.9. The van der Waals surface area contributed by atoms with Crippen molar-refractivity contribution in [2.24, 2.45) is 5.41 Å². The number of allylic oxidation sites excluding steroid dienone is 1. The molecule has 1 atom stereocenters. The second-order valence-electron chi connectivity index (χ2n) is 4.82. The molecule has 17 heavy (non-hydrogen) atoms. The lowest BCUT2D eigenvalue weighted by atomic mass is 9.80. The summed E-state index contributed by atoms with van der Waals surface area (Å²) in [5.74, 6) is -0.0542. The molecule has 0 N–H and O–H groups in total. The largest absolute Gasteiger partial charge is 0.465 e. The van der Waals surface area contributed by atoms with E-state index in [1.54, 1.807) is 0 Å². The Labute approximate surface area is 102 Å². The summed E-state index contributed by atoms with van der Waals surface area (Å²) in [6.45, 7) is 2.57. The zero-order valence-electron chi connectivity index (χ0n) is 10.2. The summed E-state index contributed by atoms with van der Waals surface area (Å²) in [6, 6.07) is 10.1. The van der Waals surface area contributed by atoms with Gasteiger partial charge in [0, 0.05) is 0 Å². The molecule has 0 saturated carbocycles. The first-order chi connectivity index (χ1) is 8.21. The minimum absolute atomic E-state index is 0.0542. The van der Waals surface area contributed by atoms with Gasteiger partial charge in [-0.2, -0.15) is 0 Å². The predicted octanol–water partition coefficient (Wildman–Crippen LogP) is 3.43. The van der Waals surface area contributed by atoms with Gasteiger partial charge in [-0.15, -0.1) is 0 Å². The van der Waals surface area contributed by atoms with Crippen molar-refractivity contribution in [3.8, 4) is 0 Å². The number of carbonyl (C=O) groups excluding carboxylic acids is 1. The first-order valence-electron chi connectivity index (χ1n) is 6.09. The molecule has 0 unspecified atom stereocenters. The minimum atomic E-state index is -0.330.